The van der Waals surface area contributed by atoms with Crippen molar-refractivity contribution in [2.45, 2.75) is 12.8 Å². The predicted molar refractivity (Wildman–Crippen MR) is 111 cm³/mol. The van der Waals surface area contributed by atoms with E-state index in [1.807, 2.05) is 60.7 Å². The van der Waals surface area contributed by atoms with Gasteiger partial charge in [0.1, 0.15) is 13.2 Å². The SMILES string of the molecule is O=C(Cc1cccc2ccccc12)Nc1nnc(Cc2ccc3c(c2)OCCO3)o1. The number of carbonyl (C=O) groups is 1. The number of anilines is 1. The minimum Gasteiger partial charge on any atom is -0.486 e. The Morgan fingerprint density at radius 1 is 0.933 bits per heavy atom. The van der Waals surface area contributed by atoms with E-state index in [0.29, 0.717) is 31.3 Å². The number of nitrogens with zero attached hydrogens (tertiary/aromatic N) is 2. The Morgan fingerprint density at radius 3 is 2.70 bits per heavy atom. The Balaban J connectivity index is 1.25. The van der Waals surface area contributed by atoms with Crippen molar-refractivity contribution < 1.29 is 18.7 Å². The Labute approximate surface area is 172 Å². The molecule has 150 valence electrons. The number of fused-ring (bicyclic) bond motifs is 2. The first-order chi connectivity index (χ1) is 14.7. The summed E-state index contributed by atoms with van der Waals surface area (Å²) >= 11 is 0. The van der Waals surface area contributed by atoms with Crippen molar-refractivity contribution in [3.63, 3.8) is 0 Å². The summed E-state index contributed by atoms with van der Waals surface area (Å²) in [5, 5.41) is 12.8. The van der Waals surface area contributed by atoms with Gasteiger partial charge in [-0.25, -0.2) is 0 Å². The molecule has 0 radical (unpaired) electrons. The normalized spacial score (nSPS) is 12.7. The van der Waals surface area contributed by atoms with Gasteiger partial charge in [-0.3, -0.25) is 10.1 Å². The molecule has 1 amide bonds. The molecule has 4 aromatic rings. The van der Waals surface area contributed by atoms with E-state index >= 15 is 0 Å². The van der Waals surface area contributed by atoms with Gasteiger partial charge in [-0.1, -0.05) is 53.6 Å². The Kier molecular flexibility index (Phi) is 4.77. The van der Waals surface area contributed by atoms with Crippen LogP contribution in [-0.4, -0.2) is 29.3 Å². The molecular formula is C23H19N3O4. The van der Waals surface area contributed by atoms with Crippen molar-refractivity contribution in [1.82, 2.24) is 10.2 Å². The summed E-state index contributed by atoms with van der Waals surface area (Å²) in [6.45, 7) is 1.09. The molecule has 1 aromatic heterocycles. The number of amides is 1. The van der Waals surface area contributed by atoms with Crippen molar-refractivity contribution in [1.29, 1.82) is 0 Å². The zero-order valence-electron chi connectivity index (χ0n) is 16.1. The Bertz CT molecular complexity index is 1210. The molecule has 0 spiro atoms. The maximum absolute atomic E-state index is 12.5. The zero-order chi connectivity index (χ0) is 20.3. The van der Waals surface area contributed by atoms with Crippen molar-refractivity contribution in [2.75, 3.05) is 18.5 Å². The van der Waals surface area contributed by atoms with Crippen molar-refractivity contribution >= 4 is 22.7 Å². The Hall–Kier alpha value is -3.87. The number of rotatable bonds is 5. The van der Waals surface area contributed by atoms with Crippen LogP contribution < -0.4 is 14.8 Å². The van der Waals surface area contributed by atoms with Gasteiger partial charge in [-0.2, -0.15) is 0 Å². The topological polar surface area (TPSA) is 86.5 Å². The second-order valence-electron chi connectivity index (χ2n) is 7.02. The van der Waals surface area contributed by atoms with Gasteiger partial charge in [0.2, 0.25) is 11.8 Å². The van der Waals surface area contributed by atoms with Crippen LogP contribution in [0.2, 0.25) is 0 Å². The average molecular weight is 401 g/mol. The highest BCUT2D eigenvalue weighted by Crippen LogP contribution is 2.31. The van der Waals surface area contributed by atoms with Gasteiger partial charge in [-0.05, 0) is 34.0 Å². The van der Waals surface area contributed by atoms with Crippen LogP contribution in [0.15, 0.2) is 65.1 Å². The molecule has 0 fully saturated rings. The molecule has 3 aromatic carbocycles. The summed E-state index contributed by atoms with van der Waals surface area (Å²) in [6, 6.07) is 19.7. The lowest BCUT2D eigenvalue weighted by Crippen LogP contribution is -2.15. The number of benzene rings is 3. The number of ether oxygens (including phenoxy) is 2. The van der Waals surface area contributed by atoms with E-state index in [-0.39, 0.29) is 18.3 Å². The first-order valence-electron chi connectivity index (χ1n) is 9.72. The molecule has 0 unspecified atom stereocenters. The van der Waals surface area contributed by atoms with Gasteiger partial charge in [0.05, 0.1) is 12.8 Å². The highest BCUT2D eigenvalue weighted by molar-refractivity contribution is 5.95. The fourth-order valence-electron chi connectivity index (χ4n) is 3.53. The highest BCUT2D eigenvalue weighted by atomic mass is 16.6. The molecule has 7 nitrogen and oxygen atoms in total. The fraction of sp³-hybridized carbons (Fsp3) is 0.174. The first kappa shape index (κ1) is 18.2. The molecule has 0 saturated heterocycles. The quantitative estimate of drug-likeness (QED) is 0.548. The lowest BCUT2D eigenvalue weighted by molar-refractivity contribution is -0.115. The van der Waals surface area contributed by atoms with E-state index in [4.69, 9.17) is 13.9 Å². The van der Waals surface area contributed by atoms with Crippen LogP contribution in [0.5, 0.6) is 11.5 Å². The largest absolute Gasteiger partial charge is 0.486 e. The third kappa shape index (κ3) is 3.82. The molecule has 5 rings (SSSR count). The monoisotopic (exact) mass is 401 g/mol. The van der Waals surface area contributed by atoms with Gasteiger partial charge < -0.3 is 13.9 Å². The van der Waals surface area contributed by atoms with Gasteiger partial charge in [0, 0.05) is 0 Å². The van der Waals surface area contributed by atoms with Crippen LogP contribution in [0.1, 0.15) is 17.0 Å². The summed E-state index contributed by atoms with van der Waals surface area (Å²) in [7, 11) is 0. The van der Waals surface area contributed by atoms with Gasteiger partial charge >= 0.3 is 6.01 Å². The van der Waals surface area contributed by atoms with E-state index in [1.54, 1.807) is 0 Å². The molecule has 7 heteroatoms. The van der Waals surface area contributed by atoms with E-state index in [1.165, 1.54) is 0 Å². The molecule has 30 heavy (non-hydrogen) atoms. The standard InChI is InChI=1S/C23H19N3O4/c27-21(14-17-6-3-5-16-4-1-2-7-18(16)17)24-23-26-25-22(30-23)13-15-8-9-19-20(12-15)29-11-10-28-19/h1-9,12H,10-11,13-14H2,(H,24,26,27). The van der Waals surface area contributed by atoms with Gasteiger partial charge in [0.15, 0.2) is 11.5 Å². The lowest BCUT2D eigenvalue weighted by atomic mass is 10.0. The minimum absolute atomic E-state index is 0.0905. The highest BCUT2D eigenvalue weighted by Gasteiger charge is 2.15. The van der Waals surface area contributed by atoms with Crippen molar-refractivity contribution in [2.24, 2.45) is 0 Å². The molecule has 2 heterocycles. The van der Waals surface area contributed by atoms with Crippen LogP contribution in [0.4, 0.5) is 6.01 Å². The molecule has 0 atom stereocenters. The summed E-state index contributed by atoms with van der Waals surface area (Å²) in [4.78, 5) is 12.5. The fourth-order valence-corrected chi connectivity index (χ4v) is 3.53. The van der Waals surface area contributed by atoms with E-state index in [9.17, 15) is 4.79 Å². The second kappa shape index (κ2) is 7.87. The smallest absolute Gasteiger partial charge is 0.322 e. The van der Waals surface area contributed by atoms with Gasteiger partial charge in [-0.15, -0.1) is 5.10 Å². The van der Waals surface area contributed by atoms with E-state index < -0.39 is 0 Å². The second-order valence-corrected chi connectivity index (χ2v) is 7.02. The summed E-state index contributed by atoms with van der Waals surface area (Å²) in [5.74, 6) is 1.65. The Morgan fingerprint density at radius 2 is 1.77 bits per heavy atom. The molecule has 0 bridgehead atoms. The van der Waals surface area contributed by atoms with Crippen molar-refractivity contribution in [3.8, 4) is 11.5 Å². The van der Waals surface area contributed by atoms with Crippen LogP contribution >= 0.6 is 0 Å². The molecule has 1 aliphatic heterocycles. The van der Waals surface area contributed by atoms with Crippen LogP contribution in [0.25, 0.3) is 10.8 Å². The number of nitrogens with one attached hydrogen (secondary N) is 1. The van der Waals surface area contributed by atoms with E-state index in [2.05, 4.69) is 15.5 Å². The first-order valence-corrected chi connectivity index (χ1v) is 9.72. The zero-order valence-corrected chi connectivity index (χ0v) is 16.1. The van der Waals surface area contributed by atoms with Gasteiger partial charge in [0.25, 0.3) is 0 Å². The van der Waals surface area contributed by atoms with E-state index in [0.717, 1.165) is 27.6 Å². The lowest BCUT2D eigenvalue weighted by Gasteiger charge is -2.18. The maximum Gasteiger partial charge on any atom is 0.322 e. The minimum atomic E-state index is -0.208. The predicted octanol–water partition coefficient (Wildman–Crippen LogP) is 3.77. The van der Waals surface area contributed by atoms with Crippen molar-refractivity contribution in [3.05, 3.63) is 77.7 Å². The summed E-state index contributed by atoms with van der Waals surface area (Å²) in [5.41, 5.74) is 1.90. The molecule has 0 saturated carbocycles. The van der Waals surface area contributed by atoms with Crippen LogP contribution in [0.3, 0.4) is 0 Å². The average Bonchev–Trinajstić information content (AvgIpc) is 3.20. The van der Waals surface area contributed by atoms with Crippen LogP contribution in [-0.2, 0) is 17.6 Å². The molecule has 1 aliphatic rings. The summed E-state index contributed by atoms with van der Waals surface area (Å²) < 4.78 is 16.7. The third-order valence-electron chi connectivity index (χ3n) is 4.91. The molecular weight excluding hydrogens is 382 g/mol. The van der Waals surface area contributed by atoms with Crippen LogP contribution in [0, 0.1) is 0 Å². The number of aromatic nitrogens is 2. The maximum atomic E-state index is 12.5. The number of hydrogen-bond acceptors (Lipinski definition) is 6. The third-order valence-corrected chi connectivity index (χ3v) is 4.91. The number of hydrogen-bond donors (Lipinski definition) is 1. The number of carbonyl (C=O) groups excluding carboxylic acids is 1. The molecule has 1 N–H and O–H groups in total. The summed E-state index contributed by atoms with van der Waals surface area (Å²) in [6.07, 6.45) is 0.657. The molecule has 0 aliphatic carbocycles.